The van der Waals surface area contributed by atoms with Gasteiger partial charge in [-0.05, 0) is 35.9 Å². The van der Waals surface area contributed by atoms with Crippen molar-refractivity contribution < 1.29 is 9.72 Å². The first-order valence-corrected chi connectivity index (χ1v) is 10.4. The minimum Gasteiger partial charge on any atom is -0.347 e. The van der Waals surface area contributed by atoms with E-state index >= 15 is 0 Å². The van der Waals surface area contributed by atoms with Crippen LogP contribution in [0.25, 0.3) is 23.0 Å². The second-order valence-corrected chi connectivity index (χ2v) is 7.36. The fraction of sp³-hybridized carbons (Fsp3) is 0.0385. The molecule has 4 rings (SSSR count). The molecule has 8 nitrogen and oxygen atoms in total. The van der Waals surface area contributed by atoms with Crippen molar-refractivity contribution in [3.05, 3.63) is 118 Å². The van der Waals surface area contributed by atoms with Gasteiger partial charge >= 0.3 is 0 Å². The molecule has 0 aliphatic rings. The summed E-state index contributed by atoms with van der Waals surface area (Å²) < 4.78 is 1.64. The van der Waals surface area contributed by atoms with E-state index in [0.717, 1.165) is 11.3 Å². The zero-order chi connectivity index (χ0) is 23.9. The molecule has 1 amide bonds. The number of para-hydroxylation sites is 1. The van der Waals surface area contributed by atoms with Crippen molar-refractivity contribution >= 4 is 17.7 Å². The standard InChI is InChI=1S/C26H19N5O3/c27-16-21(26(32)28-17-19-7-3-1-4-8-19)15-22-18-30(23-9-5-2-6-10-23)29-25(22)20-11-13-24(14-12-20)31(33)34/h1-15,18H,17H2,(H,28,32). The van der Waals surface area contributed by atoms with E-state index in [1.807, 2.05) is 66.7 Å². The summed E-state index contributed by atoms with van der Waals surface area (Å²) in [6, 6.07) is 26.7. The number of benzene rings is 3. The summed E-state index contributed by atoms with van der Waals surface area (Å²) in [5.41, 5.74) is 3.22. The highest BCUT2D eigenvalue weighted by atomic mass is 16.6. The van der Waals surface area contributed by atoms with Crippen molar-refractivity contribution in [1.29, 1.82) is 5.26 Å². The molecule has 3 aromatic carbocycles. The number of nitrogens with one attached hydrogen (secondary N) is 1. The molecule has 8 heteroatoms. The fourth-order valence-corrected chi connectivity index (χ4v) is 3.35. The molecule has 0 saturated carbocycles. The smallest absolute Gasteiger partial charge is 0.269 e. The first-order valence-electron chi connectivity index (χ1n) is 10.4. The number of nitro benzene ring substituents is 1. The number of non-ortho nitro benzene ring substituents is 1. The van der Waals surface area contributed by atoms with Crippen LogP contribution in [0.2, 0.25) is 0 Å². The molecule has 0 radical (unpaired) electrons. The molecule has 0 fully saturated rings. The van der Waals surface area contributed by atoms with Gasteiger partial charge in [-0.3, -0.25) is 14.9 Å². The van der Waals surface area contributed by atoms with Gasteiger partial charge in [0.2, 0.25) is 0 Å². The lowest BCUT2D eigenvalue weighted by molar-refractivity contribution is -0.384. The first kappa shape index (κ1) is 22.2. The zero-order valence-corrected chi connectivity index (χ0v) is 18.0. The number of amides is 1. The lowest BCUT2D eigenvalue weighted by atomic mass is 10.1. The quantitative estimate of drug-likeness (QED) is 0.191. The molecule has 166 valence electrons. The van der Waals surface area contributed by atoms with Crippen LogP contribution in [-0.4, -0.2) is 20.6 Å². The van der Waals surface area contributed by atoms with Gasteiger partial charge in [-0.2, -0.15) is 10.4 Å². The summed E-state index contributed by atoms with van der Waals surface area (Å²) in [4.78, 5) is 23.2. The Labute approximate surface area is 195 Å². The van der Waals surface area contributed by atoms with Crippen LogP contribution in [0.5, 0.6) is 0 Å². The van der Waals surface area contributed by atoms with Crippen LogP contribution in [0.15, 0.2) is 96.7 Å². The van der Waals surface area contributed by atoms with Crippen LogP contribution in [-0.2, 0) is 11.3 Å². The molecule has 4 aromatic rings. The van der Waals surface area contributed by atoms with Crippen LogP contribution < -0.4 is 5.32 Å². The average Bonchev–Trinajstić information content (AvgIpc) is 3.31. The highest BCUT2D eigenvalue weighted by molar-refractivity contribution is 6.02. The average molecular weight is 449 g/mol. The SMILES string of the molecule is N#CC(=Cc1cn(-c2ccccc2)nc1-c1ccc([N+](=O)[O-])cc1)C(=O)NCc1ccccc1. The largest absolute Gasteiger partial charge is 0.347 e. The number of hydrogen-bond donors (Lipinski definition) is 1. The predicted molar refractivity (Wildman–Crippen MR) is 128 cm³/mol. The highest BCUT2D eigenvalue weighted by Gasteiger charge is 2.16. The maximum atomic E-state index is 12.7. The summed E-state index contributed by atoms with van der Waals surface area (Å²) >= 11 is 0. The van der Waals surface area contributed by atoms with E-state index in [9.17, 15) is 20.2 Å². The Morgan fingerprint density at radius 3 is 2.29 bits per heavy atom. The van der Waals surface area contributed by atoms with Crippen LogP contribution in [0.1, 0.15) is 11.1 Å². The summed E-state index contributed by atoms with van der Waals surface area (Å²) in [5, 5.41) is 28.1. The number of nitriles is 1. The Hall–Kier alpha value is -5.03. The van der Waals surface area contributed by atoms with Crippen LogP contribution >= 0.6 is 0 Å². The van der Waals surface area contributed by atoms with Gasteiger partial charge in [-0.1, -0.05) is 48.5 Å². The number of nitrogens with zero attached hydrogens (tertiary/aromatic N) is 4. The van der Waals surface area contributed by atoms with Crippen molar-refractivity contribution in [3.63, 3.8) is 0 Å². The second kappa shape index (κ2) is 10.1. The number of aromatic nitrogens is 2. The monoisotopic (exact) mass is 449 g/mol. The fourth-order valence-electron chi connectivity index (χ4n) is 3.35. The van der Waals surface area contributed by atoms with Crippen molar-refractivity contribution in [2.75, 3.05) is 0 Å². The maximum Gasteiger partial charge on any atom is 0.269 e. The molecule has 0 aliphatic heterocycles. The minimum absolute atomic E-state index is 0.0404. The molecule has 0 spiro atoms. The van der Waals surface area contributed by atoms with Gasteiger partial charge < -0.3 is 5.32 Å². The molecule has 1 heterocycles. The molecule has 1 aromatic heterocycles. The zero-order valence-electron chi connectivity index (χ0n) is 18.0. The Kier molecular flexibility index (Phi) is 6.56. The summed E-state index contributed by atoms with van der Waals surface area (Å²) in [5.74, 6) is -0.506. The van der Waals surface area contributed by atoms with E-state index < -0.39 is 10.8 Å². The van der Waals surface area contributed by atoms with E-state index in [1.165, 1.54) is 18.2 Å². The van der Waals surface area contributed by atoms with Gasteiger partial charge in [0.1, 0.15) is 17.3 Å². The van der Waals surface area contributed by atoms with E-state index in [2.05, 4.69) is 10.4 Å². The number of carbonyl (C=O) groups is 1. The van der Waals surface area contributed by atoms with Crippen molar-refractivity contribution in [1.82, 2.24) is 15.1 Å². The van der Waals surface area contributed by atoms with Gasteiger partial charge in [-0.15, -0.1) is 0 Å². The van der Waals surface area contributed by atoms with Gasteiger partial charge in [0.05, 0.1) is 10.6 Å². The Balaban J connectivity index is 1.70. The van der Waals surface area contributed by atoms with Crippen molar-refractivity contribution in [3.8, 4) is 23.0 Å². The number of nitro groups is 1. The Bertz CT molecular complexity index is 1390. The van der Waals surface area contributed by atoms with E-state index in [1.54, 1.807) is 23.0 Å². The molecule has 0 bridgehead atoms. The summed E-state index contributed by atoms with van der Waals surface area (Å²) in [6.45, 7) is 0.289. The molecule has 1 N–H and O–H groups in total. The maximum absolute atomic E-state index is 12.7. The molecule has 0 saturated heterocycles. The second-order valence-electron chi connectivity index (χ2n) is 7.36. The van der Waals surface area contributed by atoms with Crippen LogP contribution in [0.3, 0.4) is 0 Å². The van der Waals surface area contributed by atoms with Crippen LogP contribution in [0.4, 0.5) is 5.69 Å². The Morgan fingerprint density at radius 1 is 1.03 bits per heavy atom. The lowest BCUT2D eigenvalue weighted by Crippen LogP contribution is -2.23. The number of rotatable bonds is 7. The number of carbonyl (C=O) groups excluding carboxylic acids is 1. The van der Waals surface area contributed by atoms with Gasteiger partial charge in [-0.25, -0.2) is 4.68 Å². The molecule has 0 aliphatic carbocycles. The van der Waals surface area contributed by atoms with Gasteiger partial charge in [0, 0.05) is 36.0 Å². The predicted octanol–water partition coefficient (Wildman–Crippen LogP) is 4.67. The van der Waals surface area contributed by atoms with E-state index in [0.29, 0.717) is 16.8 Å². The molecule has 34 heavy (non-hydrogen) atoms. The van der Waals surface area contributed by atoms with Crippen molar-refractivity contribution in [2.45, 2.75) is 6.54 Å². The summed E-state index contributed by atoms with van der Waals surface area (Å²) in [7, 11) is 0. The summed E-state index contributed by atoms with van der Waals surface area (Å²) in [6.07, 6.45) is 3.19. The van der Waals surface area contributed by atoms with Crippen molar-refractivity contribution in [2.24, 2.45) is 0 Å². The molecule has 0 unspecified atom stereocenters. The topological polar surface area (TPSA) is 114 Å². The van der Waals surface area contributed by atoms with Crippen LogP contribution in [0, 0.1) is 21.4 Å². The third kappa shape index (κ3) is 5.06. The molecule has 0 atom stereocenters. The first-order chi connectivity index (χ1) is 16.5. The van der Waals surface area contributed by atoms with Gasteiger partial charge in [0.25, 0.3) is 11.6 Å². The molecular formula is C26H19N5O3. The lowest BCUT2D eigenvalue weighted by Gasteiger charge is -2.04. The van der Waals surface area contributed by atoms with E-state index in [-0.39, 0.29) is 17.8 Å². The van der Waals surface area contributed by atoms with Gasteiger partial charge in [0.15, 0.2) is 0 Å². The molecular weight excluding hydrogens is 430 g/mol. The minimum atomic E-state index is -0.506. The third-order valence-corrected chi connectivity index (χ3v) is 5.08. The highest BCUT2D eigenvalue weighted by Crippen LogP contribution is 2.27. The van der Waals surface area contributed by atoms with E-state index in [4.69, 9.17) is 0 Å². The number of hydrogen-bond acceptors (Lipinski definition) is 5. The normalized spacial score (nSPS) is 11.0. The Morgan fingerprint density at radius 2 is 1.68 bits per heavy atom. The third-order valence-electron chi connectivity index (χ3n) is 5.08.